The Bertz CT molecular complexity index is 1020. The minimum Gasteiger partial charge on any atom is -0.459 e. The predicted octanol–water partition coefficient (Wildman–Crippen LogP) is 9.65. The van der Waals surface area contributed by atoms with E-state index in [0.717, 1.165) is 53.9 Å². The second-order valence-corrected chi connectivity index (χ2v) is 14.3. The SMILES string of the molecule is CC(C)CCC[C@@H](C)[C@H]1CC[C@@H]2[C@@H]3CC=C4C[C@@H](OC(=O)/C=C/c5ccccc5)CC[C@]4(C)[C@@H]3CC[C@@]21C. The van der Waals surface area contributed by atoms with Crippen LogP contribution in [0.25, 0.3) is 6.08 Å². The monoisotopic (exact) mass is 516 g/mol. The molecule has 0 saturated heterocycles. The highest BCUT2D eigenvalue weighted by Crippen LogP contribution is 2.67. The number of benzene rings is 1. The molecule has 1 aromatic carbocycles. The van der Waals surface area contributed by atoms with Crippen LogP contribution < -0.4 is 0 Å². The van der Waals surface area contributed by atoms with Crippen LogP contribution in [0.4, 0.5) is 0 Å². The Morgan fingerprint density at radius 1 is 1.00 bits per heavy atom. The van der Waals surface area contributed by atoms with Crippen molar-refractivity contribution in [1.82, 2.24) is 0 Å². The number of rotatable bonds is 8. The molecule has 4 aliphatic carbocycles. The number of fused-ring (bicyclic) bond motifs is 5. The van der Waals surface area contributed by atoms with Crippen LogP contribution in [0.2, 0.25) is 0 Å². The summed E-state index contributed by atoms with van der Waals surface area (Å²) in [7, 11) is 0. The van der Waals surface area contributed by atoms with Crippen molar-refractivity contribution in [3.8, 4) is 0 Å². The first-order valence-electron chi connectivity index (χ1n) is 15.8. The van der Waals surface area contributed by atoms with E-state index in [-0.39, 0.29) is 12.1 Å². The van der Waals surface area contributed by atoms with Gasteiger partial charge in [-0.05, 0) is 103 Å². The summed E-state index contributed by atoms with van der Waals surface area (Å²) in [6.07, 6.45) is 20.3. The number of hydrogen-bond donors (Lipinski definition) is 0. The Morgan fingerprint density at radius 3 is 2.55 bits per heavy atom. The summed E-state index contributed by atoms with van der Waals surface area (Å²) in [6, 6.07) is 9.99. The number of ether oxygens (including phenoxy) is 1. The highest BCUT2D eigenvalue weighted by atomic mass is 16.5. The minimum absolute atomic E-state index is 0.0233. The second-order valence-electron chi connectivity index (χ2n) is 14.3. The van der Waals surface area contributed by atoms with Crippen LogP contribution >= 0.6 is 0 Å². The molecule has 8 atom stereocenters. The molecule has 0 heterocycles. The molecule has 0 radical (unpaired) electrons. The Morgan fingerprint density at radius 2 is 1.79 bits per heavy atom. The first-order chi connectivity index (χ1) is 18.2. The second kappa shape index (κ2) is 11.3. The molecule has 208 valence electrons. The molecular weight excluding hydrogens is 464 g/mol. The lowest BCUT2D eigenvalue weighted by molar-refractivity contribution is -0.145. The molecule has 0 spiro atoms. The topological polar surface area (TPSA) is 26.3 Å². The van der Waals surface area contributed by atoms with Gasteiger partial charge in [0.05, 0.1) is 0 Å². The fourth-order valence-electron chi connectivity index (χ4n) is 9.68. The molecular formula is C36H52O2. The number of hydrogen-bond acceptors (Lipinski definition) is 2. The molecule has 0 aromatic heterocycles. The summed E-state index contributed by atoms with van der Waals surface area (Å²) >= 11 is 0. The van der Waals surface area contributed by atoms with Crippen molar-refractivity contribution in [2.24, 2.45) is 46.3 Å². The van der Waals surface area contributed by atoms with Gasteiger partial charge in [-0.1, -0.05) is 95.9 Å². The molecule has 0 amide bonds. The van der Waals surface area contributed by atoms with Crippen molar-refractivity contribution in [2.45, 2.75) is 111 Å². The van der Waals surface area contributed by atoms with Gasteiger partial charge in [-0.25, -0.2) is 4.79 Å². The quantitative estimate of drug-likeness (QED) is 0.195. The Hall–Kier alpha value is -1.83. The number of esters is 1. The highest BCUT2D eigenvalue weighted by Gasteiger charge is 2.59. The largest absolute Gasteiger partial charge is 0.459 e. The standard InChI is InChI=1S/C36H52O2/c1-25(2)10-9-11-26(3)31-17-18-32-30-16-15-28-24-29(38-34(37)19-14-27-12-7-6-8-13-27)20-22-35(28,4)33(30)21-23-36(31,32)5/h6-8,12-15,19,25-26,29-33H,9-11,16-18,20-24H2,1-5H3/b19-14+/t26-,29+,30+,31-,32-,33-,35+,36-/m1/s1. The maximum Gasteiger partial charge on any atom is 0.331 e. The number of carbonyl (C=O) groups excluding carboxylic acids is 1. The van der Waals surface area contributed by atoms with Gasteiger partial charge in [0.1, 0.15) is 6.10 Å². The zero-order chi connectivity index (χ0) is 26.9. The zero-order valence-electron chi connectivity index (χ0n) is 24.8. The first-order valence-corrected chi connectivity index (χ1v) is 15.8. The maximum absolute atomic E-state index is 12.6. The van der Waals surface area contributed by atoms with E-state index in [2.05, 4.69) is 40.7 Å². The summed E-state index contributed by atoms with van der Waals surface area (Å²) in [5.41, 5.74) is 3.46. The van der Waals surface area contributed by atoms with E-state index >= 15 is 0 Å². The van der Waals surface area contributed by atoms with E-state index in [0.29, 0.717) is 10.8 Å². The lowest BCUT2D eigenvalue weighted by Crippen LogP contribution is -2.51. The van der Waals surface area contributed by atoms with Gasteiger partial charge in [-0.15, -0.1) is 0 Å². The van der Waals surface area contributed by atoms with E-state index in [4.69, 9.17) is 4.74 Å². The molecule has 38 heavy (non-hydrogen) atoms. The molecule has 2 heteroatoms. The van der Waals surface area contributed by atoms with Gasteiger partial charge in [0, 0.05) is 12.5 Å². The van der Waals surface area contributed by atoms with E-state index < -0.39 is 0 Å². The first kappa shape index (κ1) is 27.7. The average molecular weight is 517 g/mol. The van der Waals surface area contributed by atoms with Crippen LogP contribution in [-0.2, 0) is 9.53 Å². The van der Waals surface area contributed by atoms with Crippen molar-refractivity contribution >= 4 is 12.0 Å². The smallest absolute Gasteiger partial charge is 0.331 e. The summed E-state index contributed by atoms with van der Waals surface area (Å²) in [4.78, 5) is 12.6. The van der Waals surface area contributed by atoms with E-state index in [1.165, 1.54) is 57.8 Å². The molecule has 0 N–H and O–H groups in total. The van der Waals surface area contributed by atoms with Crippen LogP contribution in [0.1, 0.15) is 111 Å². The number of allylic oxidation sites excluding steroid dienone is 1. The van der Waals surface area contributed by atoms with Crippen molar-refractivity contribution in [3.05, 3.63) is 53.6 Å². The Balaban J connectivity index is 1.22. The third-order valence-electron chi connectivity index (χ3n) is 11.8. The minimum atomic E-state index is -0.204. The fourth-order valence-corrected chi connectivity index (χ4v) is 9.68. The van der Waals surface area contributed by atoms with Gasteiger partial charge < -0.3 is 4.74 Å². The van der Waals surface area contributed by atoms with Gasteiger partial charge in [0.15, 0.2) is 0 Å². The number of carbonyl (C=O) groups is 1. The lowest BCUT2D eigenvalue weighted by Gasteiger charge is -2.58. The van der Waals surface area contributed by atoms with Crippen LogP contribution in [0.5, 0.6) is 0 Å². The third kappa shape index (κ3) is 5.44. The summed E-state index contributed by atoms with van der Waals surface area (Å²) in [5.74, 6) is 4.97. The molecule has 1 aromatic rings. The van der Waals surface area contributed by atoms with Gasteiger partial charge in [-0.3, -0.25) is 0 Å². The summed E-state index contributed by atoms with van der Waals surface area (Å²) < 4.78 is 5.95. The van der Waals surface area contributed by atoms with Gasteiger partial charge in [-0.2, -0.15) is 0 Å². The normalized spacial score (nSPS) is 37.3. The van der Waals surface area contributed by atoms with E-state index in [1.807, 2.05) is 36.4 Å². The predicted molar refractivity (Wildman–Crippen MR) is 158 cm³/mol. The van der Waals surface area contributed by atoms with Crippen molar-refractivity contribution in [2.75, 3.05) is 0 Å². The molecule has 0 aliphatic heterocycles. The van der Waals surface area contributed by atoms with Crippen LogP contribution in [-0.4, -0.2) is 12.1 Å². The van der Waals surface area contributed by atoms with Crippen LogP contribution in [0, 0.1) is 46.3 Å². The van der Waals surface area contributed by atoms with Crippen molar-refractivity contribution < 1.29 is 9.53 Å². The summed E-state index contributed by atoms with van der Waals surface area (Å²) in [5, 5.41) is 0. The van der Waals surface area contributed by atoms with Crippen molar-refractivity contribution in [3.63, 3.8) is 0 Å². The molecule has 2 nitrogen and oxygen atoms in total. The van der Waals surface area contributed by atoms with Crippen molar-refractivity contribution in [1.29, 1.82) is 0 Å². The average Bonchev–Trinajstić information content (AvgIpc) is 3.25. The molecule has 5 rings (SSSR count). The van der Waals surface area contributed by atoms with Gasteiger partial charge in [0.25, 0.3) is 0 Å². The van der Waals surface area contributed by atoms with Crippen LogP contribution in [0.15, 0.2) is 48.1 Å². The maximum atomic E-state index is 12.6. The summed E-state index contributed by atoms with van der Waals surface area (Å²) in [6.45, 7) is 12.6. The zero-order valence-corrected chi connectivity index (χ0v) is 24.8. The third-order valence-corrected chi connectivity index (χ3v) is 11.8. The van der Waals surface area contributed by atoms with E-state index in [9.17, 15) is 4.79 Å². The molecule has 3 saturated carbocycles. The molecule has 0 bridgehead atoms. The van der Waals surface area contributed by atoms with E-state index in [1.54, 1.807) is 11.6 Å². The molecule has 3 fully saturated rings. The van der Waals surface area contributed by atoms with Gasteiger partial charge >= 0.3 is 5.97 Å². The Kier molecular flexibility index (Phi) is 8.28. The van der Waals surface area contributed by atoms with Crippen LogP contribution in [0.3, 0.4) is 0 Å². The lowest BCUT2D eigenvalue weighted by atomic mass is 9.47. The molecule has 0 unspecified atom stereocenters. The van der Waals surface area contributed by atoms with Gasteiger partial charge in [0.2, 0.25) is 0 Å². The Labute approximate surface area is 232 Å². The highest BCUT2D eigenvalue weighted by molar-refractivity contribution is 5.87. The fraction of sp³-hybridized carbons (Fsp3) is 0.694. The molecule has 4 aliphatic rings.